The van der Waals surface area contributed by atoms with Gasteiger partial charge in [0, 0.05) is 0 Å². The van der Waals surface area contributed by atoms with Crippen LogP contribution in [0.5, 0.6) is 0 Å². The zero-order valence-corrected chi connectivity index (χ0v) is 3.60. The standard InChI is InChI=1S/Mn.H2O5/c;1-3-5-4-2/h;1-2H/q+2;/p-2. The second-order valence-electron chi connectivity index (χ2n) is 0.204. The van der Waals surface area contributed by atoms with Crippen molar-refractivity contribution in [2.75, 3.05) is 0 Å². The van der Waals surface area contributed by atoms with Crippen LogP contribution in [0.15, 0.2) is 0 Å². The number of hydrogen-bond donors (Lipinski definition) is 0. The van der Waals surface area contributed by atoms with Crippen LogP contribution in [0, 0.1) is 0 Å². The smallest absolute Gasteiger partial charge is 0.690 e. The molecule has 0 aliphatic carbocycles. The van der Waals surface area contributed by atoms with Crippen LogP contribution >= 0.6 is 0 Å². The van der Waals surface area contributed by atoms with Gasteiger partial charge in [0.25, 0.3) is 0 Å². The number of hydrogen-bond acceptors (Lipinski definition) is 5. The van der Waals surface area contributed by atoms with Gasteiger partial charge in [-0.3, -0.25) is 10.1 Å². The Hall–Kier alpha value is 0.319. The van der Waals surface area contributed by atoms with Crippen LogP contribution in [0.2, 0.25) is 0 Å². The van der Waals surface area contributed by atoms with Crippen LogP contribution in [0.25, 0.3) is 0 Å². The molecule has 0 aliphatic heterocycles. The predicted octanol–water partition coefficient (Wildman–Crippen LogP) is -2.59. The average Bonchev–Trinajstić information content (AvgIpc) is 1.41. The molecule has 0 aromatic rings. The molecule has 0 amide bonds. The molecule has 0 spiro atoms. The van der Waals surface area contributed by atoms with E-state index in [9.17, 15) is 0 Å². The minimum Gasteiger partial charge on any atom is -0.690 e. The van der Waals surface area contributed by atoms with Crippen molar-refractivity contribution in [1.29, 1.82) is 0 Å². The molecule has 0 atom stereocenters. The molecule has 1 radical (unpaired) electrons. The summed E-state index contributed by atoms with van der Waals surface area (Å²) in [7, 11) is 0. The molecule has 37 valence electrons. The van der Waals surface area contributed by atoms with Gasteiger partial charge in [0.1, 0.15) is 0 Å². The van der Waals surface area contributed by atoms with Crippen molar-refractivity contribution in [3.8, 4) is 0 Å². The van der Waals surface area contributed by atoms with Crippen LogP contribution in [0.1, 0.15) is 0 Å². The maximum absolute atomic E-state index is 8.48. The van der Waals surface area contributed by atoms with Crippen molar-refractivity contribution < 1.29 is 42.7 Å². The summed E-state index contributed by atoms with van der Waals surface area (Å²) < 4.78 is 0. The fourth-order valence-electron chi connectivity index (χ4n) is 0.0113. The first-order chi connectivity index (χ1) is 2.41. The second-order valence-corrected chi connectivity index (χ2v) is 0.204. The summed E-state index contributed by atoms with van der Waals surface area (Å²) in [6.07, 6.45) is 0. The van der Waals surface area contributed by atoms with E-state index >= 15 is 0 Å². The Balaban J connectivity index is 0. The molecular formula is MnO5. The number of rotatable bonds is 2. The summed E-state index contributed by atoms with van der Waals surface area (Å²) in [6.45, 7) is 0. The van der Waals surface area contributed by atoms with Crippen molar-refractivity contribution in [2.24, 2.45) is 0 Å². The molecular weight excluding hydrogens is 135 g/mol. The zero-order chi connectivity index (χ0) is 4.12. The van der Waals surface area contributed by atoms with E-state index in [0.717, 1.165) is 0 Å². The predicted molar refractivity (Wildman–Crippen MR) is 3.25 cm³/mol. The van der Waals surface area contributed by atoms with Crippen LogP contribution in [0.4, 0.5) is 0 Å². The summed E-state index contributed by atoms with van der Waals surface area (Å²) in [6, 6.07) is 0. The minimum absolute atomic E-state index is 0. The topological polar surface area (TPSA) is 73.8 Å². The maximum atomic E-state index is 8.48. The van der Waals surface area contributed by atoms with Gasteiger partial charge >= 0.3 is 17.1 Å². The quantitative estimate of drug-likeness (QED) is 0.236. The molecule has 0 aromatic carbocycles. The zero-order valence-electron chi connectivity index (χ0n) is 2.42. The third-order valence-corrected chi connectivity index (χ3v) is 0.0556. The van der Waals surface area contributed by atoms with Gasteiger partial charge in [-0.1, -0.05) is 5.04 Å². The van der Waals surface area contributed by atoms with Crippen LogP contribution in [-0.2, 0) is 32.2 Å². The van der Waals surface area contributed by atoms with Gasteiger partial charge in [-0.2, -0.15) is 0 Å². The van der Waals surface area contributed by atoms with E-state index in [1.807, 2.05) is 0 Å². The van der Waals surface area contributed by atoms with Crippen molar-refractivity contribution in [3.63, 3.8) is 0 Å². The second kappa shape index (κ2) is 9.01. The Morgan fingerprint density at radius 1 is 1.00 bits per heavy atom. The first-order valence-electron chi connectivity index (χ1n) is 0.667. The minimum atomic E-state index is 0. The molecule has 0 saturated heterocycles. The fraction of sp³-hybridized carbons (Fsp3) is 0. The van der Waals surface area contributed by atoms with E-state index in [1.165, 1.54) is 0 Å². The molecule has 0 rings (SSSR count). The molecule has 0 heterocycles. The molecule has 0 aliphatic rings. The Kier molecular flexibility index (Phi) is 14.4. The first-order valence-corrected chi connectivity index (χ1v) is 0.667. The largest absolute Gasteiger partial charge is 2.00 e. The summed E-state index contributed by atoms with van der Waals surface area (Å²) in [4.78, 5) is 0. The molecule has 6 heavy (non-hydrogen) atoms. The summed E-state index contributed by atoms with van der Waals surface area (Å²) in [5.74, 6) is 0. The van der Waals surface area contributed by atoms with Gasteiger partial charge in [-0.15, -0.1) is 0 Å². The van der Waals surface area contributed by atoms with E-state index < -0.39 is 0 Å². The maximum Gasteiger partial charge on any atom is 2.00 e. The Morgan fingerprint density at radius 3 is 1.33 bits per heavy atom. The molecule has 6 heteroatoms. The van der Waals surface area contributed by atoms with Gasteiger partial charge in [0.2, 0.25) is 0 Å². The van der Waals surface area contributed by atoms with Crippen molar-refractivity contribution in [3.05, 3.63) is 0 Å². The third kappa shape index (κ3) is 8.85. The Bertz CT molecular complexity index is 11.4. The van der Waals surface area contributed by atoms with Crippen LogP contribution < -0.4 is 10.5 Å². The van der Waals surface area contributed by atoms with Gasteiger partial charge in [0.05, 0.1) is 0 Å². The van der Waals surface area contributed by atoms with Crippen molar-refractivity contribution in [2.45, 2.75) is 0 Å². The van der Waals surface area contributed by atoms with E-state index in [2.05, 4.69) is 15.1 Å². The summed E-state index contributed by atoms with van der Waals surface area (Å²) in [5, 5.41) is 24.5. The molecule has 0 fully saturated rings. The fourth-order valence-corrected chi connectivity index (χ4v) is 0.0113. The van der Waals surface area contributed by atoms with E-state index in [4.69, 9.17) is 10.5 Å². The molecule has 0 saturated carbocycles. The monoisotopic (exact) mass is 135 g/mol. The third-order valence-electron chi connectivity index (χ3n) is 0.0556. The van der Waals surface area contributed by atoms with E-state index in [-0.39, 0.29) is 17.1 Å². The molecule has 0 bridgehead atoms. The van der Waals surface area contributed by atoms with Gasteiger partial charge in [-0.05, 0) is 0 Å². The van der Waals surface area contributed by atoms with Crippen molar-refractivity contribution >= 4 is 0 Å². The van der Waals surface area contributed by atoms with E-state index in [0.29, 0.717) is 0 Å². The van der Waals surface area contributed by atoms with Gasteiger partial charge in [-0.25, -0.2) is 0 Å². The van der Waals surface area contributed by atoms with Crippen LogP contribution in [-0.4, -0.2) is 0 Å². The first kappa shape index (κ1) is 9.58. The molecule has 0 N–H and O–H groups in total. The summed E-state index contributed by atoms with van der Waals surface area (Å²) in [5.41, 5.74) is 0. The van der Waals surface area contributed by atoms with Crippen LogP contribution in [0.3, 0.4) is 0 Å². The molecule has 0 aromatic heterocycles. The van der Waals surface area contributed by atoms with Crippen molar-refractivity contribution in [1.82, 2.24) is 0 Å². The normalized spacial score (nSPS) is 7.00. The molecule has 0 unspecified atom stereocenters. The van der Waals surface area contributed by atoms with Gasteiger partial charge in [0.15, 0.2) is 0 Å². The Morgan fingerprint density at radius 2 is 1.33 bits per heavy atom. The SMILES string of the molecule is [Mn+2].[O-]OOO[O-]. The van der Waals surface area contributed by atoms with E-state index in [1.54, 1.807) is 0 Å². The van der Waals surface area contributed by atoms with Gasteiger partial charge < -0.3 is 10.5 Å². The molecule has 5 nitrogen and oxygen atoms in total. The summed E-state index contributed by atoms with van der Waals surface area (Å²) >= 11 is 0. The average molecular weight is 135 g/mol. The Labute approximate surface area is 43.6 Å².